The van der Waals surface area contributed by atoms with Crippen LogP contribution in [0.1, 0.15) is 25.3 Å². The maximum absolute atomic E-state index is 10.8. The number of aliphatic hydroxyl groups is 1. The molecule has 1 aromatic rings. The second-order valence-corrected chi connectivity index (χ2v) is 5.42. The highest BCUT2D eigenvalue weighted by molar-refractivity contribution is 5.45. The third-order valence-corrected chi connectivity index (χ3v) is 4.06. The number of fused-ring (bicyclic) bond motifs is 1. The summed E-state index contributed by atoms with van der Waals surface area (Å²) in [5.74, 6) is 1.63. The van der Waals surface area contributed by atoms with E-state index < -0.39 is 5.60 Å². The lowest BCUT2D eigenvalue weighted by atomic mass is 9.82. The molecule has 2 atom stereocenters. The summed E-state index contributed by atoms with van der Waals surface area (Å²) >= 11 is 0. The standard InChI is InChI=1S/C15H20O4/c1-15(16,12-5-8-17-10-12)11-3-4-13-14(9-11)19-7-2-6-18-13/h3-4,9,12,16H,2,5-8,10H2,1H3. The van der Waals surface area contributed by atoms with Gasteiger partial charge in [0.15, 0.2) is 11.5 Å². The topological polar surface area (TPSA) is 47.9 Å². The van der Waals surface area contributed by atoms with E-state index in [4.69, 9.17) is 14.2 Å². The molecule has 2 aliphatic heterocycles. The molecule has 3 rings (SSSR count). The average Bonchev–Trinajstić information content (AvgIpc) is 2.85. The van der Waals surface area contributed by atoms with Crippen LogP contribution >= 0.6 is 0 Å². The van der Waals surface area contributed by atoms with Crippen LogP contribution < -0.4 is 9.47 Å². The van der Waals surface area contributed by atoms with Gasteiger partial charge in [0.25, 0.3) is 0 Å². The maximum atomic E-state index is 10.8. The molecular weight excluding hydrogens is 244 g/mol. The molecule has 0 spiro atoms. The summed E-state index contributed by atoms with van der Waals surface area (Å²) in [4.78, 5) is 0. The van der Waals surface area contributed by atoms with Crippen molar-refractivity contribution in [2.75, 3.05) is 26.4 Å². The molecule has 0 aliphatic carbocycles. The Morgan fingerprint density at radius 1 is 1.16 bits per heavy atom. The molecule has 1 fully saturated rings. The fraction of sp³-hybridized carbons (Fsp3) is 0.600. The highest BCUT2D eigenvalue weighted by Crippen LogP contribution is 2.39. The van der Waals surface area contributed by atoms with Gasteiger partial charge in [0.05, 0.1) is 25.4 Å². The highest BCUT2D eigenvalue weighted by atomic mass is 16.5. The third kappa shape index (κ3) is 2.42. The van der Waals surface area contributed by atoms with Crippen molar-refractivity contribution in [3.05, 3.63) is 23.8 Å². The van der Waals surface area contributed by atoms with Crippen LogP contribution in [0.4, 0.5) is 0 Å². The second-order valence-electron chi connectivity index (χ2n) is 5.42. The van der Waals surface area contributed by atoms with Gasteiger partial charge in [-0.25, -0.2) is 0 Å². The lowest BCUT2D eigenvalue weighted by Gasteiger charge is -2.30. The Labute approximate surface area is 113 Å². The van der Waals surface area contributed by atoms with Crippen molar-refractivity contribution < 1.29 is 19.3 Å². The van der Waals surface area contributed by atoms with Gasteiger partial charge >= 0.3 is 0 Å². The average molecular weight is 264 g/mol. The van der Waals surface area contributed by atoms with Gasteiger partial charge in [0.2, 0.25) is 0 Å². The second kappa shape index (κ2) is 5.02. The van der Waals surface area contributed by atoms with Crippen LogP contribution in [-0.4, -0.2) is 31.5 Å². The molecule has 0 amide bonds. The van der Waals surface area contributed by atoms with Gasteiger partial charge in [-0.15, -0.1) is 0 Å². The van der Waals surface area contributed by atoms with Crippen LogP contribution in [0.5, 0.6) is 11.5 Å². The number of ether oxygens (including phenoxy) is 3. The molecule has 2 heterocycles. The van der Waals surface area contributed by atoms with Gasteiger partial charge in [0, 0.05) is 18.9 Å². The molecule has 2 unspecified atom stereocenters. The fourth-order valence-electron chi connectivity index (χ4n) is 2.69. The van der Waals surface area contributed by atoms with E-state index in [1.54, 1.807) is 0 Å². The lowest BCUT2D eigenvalue weighted by Crippen LogP contribution is -2.32. The quantitative estimate of drug-likeness (QED) is 0.888. The summed E-state index contributed by atoms with van der Waals surface area (Å²) in [5, 5.41) is 10.8. The highest BCUT2D eigenvalue weighted by Gasteiger charge is 2.36. The minimum Gasteiger partial charge on any atom is -0.490 e. The number of hydrogen-bond donors (Lipinski definition) is 1. The van der Waals surface area contributed by atoms with Crippen LogP contribution in [0.2, 0.25) is 0 Å². The molecule has 104 valence electrons. The van der Waals surface area contributed by atoms with E-state index in [9.17, 15) is 5.11 Å². The van der Waals surface area contributed by atoms with Crippen molar-refractivity contribution in [2.45, 2.75) is 25.4 Å². The zero-order valence-corrected chi connectivity index (χ0v) is 11.2. The summed E-state index contributed by atoms with van der Waals surface area (Å²) in [7, 11) is 0. The molecule has 1 saturated heterocycles. The van der Waals surface area contributed by atoms with E-state index in [0.29, 0.717) is 19.8 Å². The first-order chi connectivity index (χ1) is 9.18. The smallest absolute Gasteiger partial charge is 0.161 e. The first-order valence-electron chi connectivity index (χ1n) is 6.88. The number of benzene rings is 1. The van der Waals surface area contributed by atoms with E-state index in [1.165, 1.54) is 0 Å². The van der Waals surface area contributed by atoms with Crippen LogP contribution in [-0.2, 0) is 10.3 Å². The summed E-state index contributed by atoms with van der Waals surface area (Å²) < 4.78 is 16.7. The largest absolute Gasteiger partial charge is 0.490 e. The van der Waals surface area contributed by atoms with Crippen molar-refractivity contribution in [1.29, 1.82) is 0 Å². The van der Waals surface area contributed by atoms with E-state index in [-0.39, 0.29) is 5.92 Å². The van der Waals surface area contributed by atoms with Crippen molar-refractivity contribution in [3.63, 3.8) is 0 Å². The molecule has 1 aromatic carbocycles. The zero-order valence-electron chi connectivity index (χ0n) is 11.2. The molecule has 0 bridgehead atoms. The summed E-state index contributed by atoms with van der Waals surface area (Å²) in [6.07, 6.45) is 1.78. The van der Waals surface area contributed by atoms with E-state index in [1.807, 2.05) is 25.1 Å². The monoisotopic (exact) mass is 264 g/mol. The van der Waals surface area contributed by atoms with Crippen molar-refractivity contribution in [3.8, 4) is 11.5 Å². The lowest BCUT2D eigenvalue weighted by molar-refractivity contribution is -0.00990. The predicted molar refractivity (Wildman–Crippen MR) is 70.5 cm³/mol. The maximum Gasteiger partial charge on any atom is 0.161 e. The van der Waals surface area contributed by atoms with Crippen LogP contribution in [0.25, 0.3) is 0 Å². The first kappa shape index (κ1) is 12.8. The SMILES string of the molecule is CC(O)(c1ccc2c(c1)OCCCO2)C1CCOC1. The van der Waals surface area contributed by atoms with Gasteiger partial charge in [-0.1, -0.05) is 6.07 Å². The summed E-state index contributed by atoms with van der Waals surface area (Å²) in [6.45, 7) is 4.53. The van der Waals surface area contributed by atoms with Gasteiger partial charge in [-0.05, 0) is 31.0 Å². The Hall–Kier alpha value is -1.26. The van der Waals surface area contributed by atoms with E-state index >= 15 is 0 Å². The third-order valence-electron chi connectivity index (χ3n) is 4.06. The minimum atomic E-state index is -0.888. The predicted octanol–water partition coefficient (Wildman–Crippen LogP) is 2.09. The van der Waals surface area contributed by atoms with Crippen LogP contribution in [0.3, 0.4) is 0 Å². The molecule has 0 radical (unpaired) electrons. The molecular formula is C15H20O4. The zero-order chi connectivity index (χ0) is 13.3. The first-order valence-corrected chi connectivity index (χ1v) is 6.88. The van der Waals surface area contributed by atoms with Gasteiger partial charge in [-0.2, -0.15) is 0 Å². The molecule has 4 nitrogen and oxygen atoms in total. The number of hydrogen-bond acceptors (Lipinski definition) is 4. The van der Waals surface area contributed by atoms with E-state index in [2.05, 4.69) is 0 Å². The number of rotatable bonds is 2. The van der Waals surface area contributed by atoms with Crippen molar-refractivity contribution >= 4 is 0 Å². The molecule has 0 saturated carbocycles. The Morgan fingerprint density at radius 2 is 1.95 bits per heavy atom. The molecule has 0 aromatic heterocycles. The Morgan fingerprint density at radius 3 is 2.68 bits per heavy atom. The van der Waals surface area contributed by atoms with Gasteiger partial charge in [0.1, 0.15) is 0 Å². The Balaban J connectivity index is 1.90. The summed E-state index contributed by atoms with van der Waals surface area (Å²) in [5.41, 5.74) is -0.0199. The van der Waals surface area contributed by atoms with E-state index in [0.717, 1.165) is 36.5 Å². The molecule has 4 heteroatoms. The van der Waals surface area contributed by atoms with Crippen LogP contribution in [0, 0.1) is 5.92 Å². The Kier molecular flexibility index (Phi) is 3.37. The fourth-order valence-corrected chi connectivity index (χ4v) is 2.69. The van der Waals surface area contributed by atoms with Crippen molar-refractivity contribution in [2.24, 2.45) is 5.92 Å². The normalized spacial score (nSPS) is 25.7. The molecule has 19 heavy (non-hydrogen) atoms. The van der Waals surface area contributed by atoms with Crippen molar-refractivity contribution in [1.82, 2.24) is 0 Å². The summed E-state index contributed by atoms with van der Waals surface area (Å²) in [6, 6.07) is 5.71. The Bertz CT molecular complexity index is 449. The molecule has 2 aliphatic rings. The van der Waals surface area contributed by atoms with Gasteiger partial charge in [-0.3, -0.25) is 0 Å². The van der Waals surface area contributed by atoms with Crippen LogP contribution in [0.15, 0.2) is 18.2 Å². The molecule has 1 N–H and O–H groups in total. The van der Waals surface area contributed by atoms with Gasteiger partial charge < -0.3 is 19.3 Å². The minimum absolute atomic E-state index is 0.136.